The zero-order valence-electron chi connectivity index (χ0n) is 16.1. The molecule has 0 fully saturated rings. The zero-order valence-corrected chi connectivity index (χ0v) is 18.5. The molecule has 0 radical (unpaired) electrons. The van der Waals surface area contributed by atoms with E-state index < -0.39 is 10.0 Å². The van der Waals surface area contributed by atoms with Gasteiger partial charge in [0.15, 0.2) is 5.16 Å². The molecule has 0 saturated heterocycles. The van der Waals surface area contributed by atoms with Crippen LogP contribution in [0.5, 0.6) is 0 Å². The second-order valence-electron chi connectivity index (χ2n) is 6.62. The highest BCUT2D eigenvalue weighted by Crippen LogP contribution is 2.29. The predicted octanol–water partition coefficient (Wildman–Crippen LogP) is 4.43. The molecule has 2 aromatic heterocycles. The molecular formula is C19H23ClN4O2S2. The Kier molecular flexibility index (Phi) is 6.65. The predicted molar refractivity (Wildman–Crippen MR) is 114 cm³/mol. The number of sulfonamides is 1. The largest absolute Gasteiger partial charge is 0.319 e. The number of pyridine rings is 1. The number of fused-ring (bicyclic) bond motifs is 1. The lowest BCUT2D eigenvalue weighted by molar-refractivity contribution is 0.521. The summed E-state index contributed by atoms with van der Waals surface area (Å²) in [7, 11) is -0.435. The first-order valence-electron chi connectivity index (χ1n) is 8.99. The van der Waals surface area contributed by atoms with Crippen molar-refractivity contribution < 1.29 is 8.42 Å². The van der Waals surface area contributed by atoms with Crippen molar-refractivity contribution in [3.63, 3.8) is 0 Å². The van der Waals surface area contributed by atoms with Gasteiger partial charge in [0, 0.05) is 32.6 Å². The Morgan fingerprint density at radius 1 is 1.21 bits per heavy atom. The summed E-state index contributed by atoms with van der Waals surface area (Å²) in [5, 5.41) is 1.34. The average molecular weight is 439 g/mol. The molecule has 9 heteroatoms. The summed E-state index contributed by atoms with van der Waals surface area (Å²) in [6.07, 6.45) is 3.85. The fourth-order valence-corrected chi connectivity index (χ4v) is 4.75. The first kappa shape index (κ1) is 21.1. The molecule has 1 aromatic carbocycles. The number of unbranched alkanes of at least 4 members (excludes halogenated alkanes) is 1. The Bertz CT molecular complexity index is 1060. The van der Waals surface area contributed by atoms with E-state index in [4.69, 9.17) is 16.6 Å². The van der Waals surface area contributed by atoms with Crippen LogP contribution in [-0.4, -0.2) is 41.4 Å². The van der Waals surface area contributed by atoms with Crippen LogP contribution in [0.15, 0.2) is 46.6 Å². The maximum atomic E-state index is 12.4. The van der Waals surface area contributed by atoms with Gasteiger partial charge in [-0.25, -0.2) is 22.7 Å². The van der Waals surface area contributed by atoms with E-state index in [9.17, 15) is 8.42 Å². The lowest BCUT2D eigenvalue weighted by Crippen LogP contribution is -2.22. The van der Waals surface area contributed by atoms with E-state index >= 15 is 0 Å². The standard InChI is InChI=1S/C19H23ClN4O2S2/c1-4-5-10-24-17-8-7-15(28(25,26)23(2)3)11-16(17)22-19(24)27-13-14-6-9-18(20)21-12-14/h6-9,11-12H,4-5,10,13H2,1-3H3. The molecular weight excluding hydrogens is 416 g/mol. The van der Waals surface area contributed by atoms with Gasteiger partial charge in [0.25, 0.3) is 0 Å². The third-order valence-electron chi connectivity index (χ3n) is 4.36. The summed E-state index contributed by atoms with van der Waals surface area (Å²) in [6, 6.07) is 8.88. The summed E-state index contributed by atoms with van der Waals surface area (Å²) in [5.41, 5.74) is 2.69. The molecule has 0 amide bonds. The number of hydrogen-bond acceptors (Lipinski definition) is 5. The van der Waals surface area contributed by atoms with E-state index in [1.807, 2.05) is 12.1 Å². The van der Waals surface area contributed by atoms with E-state index in [1.54, 1.807) is 36.2 Å². The second-order valence-corrected chi connectivity index (χ2v) is 10.1. The van der Waals surface area contributed by atoms with Gasteiger partial charge < -0.3 is 4.57 Å². The van der Waals surface area contributed by atoms with Gasteiger partial charge in [-0.05, 0) is 36.2 Å². The van der Waals surface area contributed by atoms with Crippen LogP contribution in [0.3, 0.4) is 0 Å². The molecule has 0 saturated carbocycles. The Hall–Kier alpha value is -1.61. The van der Waals surface area contributed by atoms with Gasteiger partial charge in [-0.3, -0.25) is 0 Å². The smallest absolute Gasteiger partial charge is 0.242 e. The fraction of sp³-hybridized carbons (Fsp3) is 0.368. The van der Waals surface area contributed by atoms with E-state index in [0.717, 1.165) is 35.6 Å². The summed E-state index contributed by atoms with van der Waals surface area (Å²) in [6.45, 7) is 2.99. The van der Waals surface area contributed by atoms with E-state index in [2.05, 4.69) is 16.5 Å². The van der Waals surface area contributed by atoms with Crippen LogP contribution in [0, 0.1) is 0 Å². The third kappa shape index (κ3) is 4.51. The molecule has 0 N–H and O–H groups in total. The molecule has 0 aliphatic carbocycles. The summed E-state index contributed by atoms with van der Waals surface area (Å²) < 4.78 is 28.3. The molecule has 0 unspecified atom stereocenters. The van der Waals surface area contributed by atoms with Crippen molar-refractivity contribution in [1.29, 1.82) is 0 Å². The van der Waals surface area contributed by atoms with Crippen LogP contribution in [0.1, 0.15) is 25.3 Å². The highest BCUT2D eigenvalue weighted by Gasteiger charge is 2.20. The van der Waals surface area contributed by atoms with Gasteiger partial charge in [0.2, 0.25) is 10.0 Å². The molecule has 0 aliphatic rings. The Balaban J connectivity index is 1.96. The lowest BCUT2D eigenvalue weighted by Gasteiger charge is -2.11. The molecule has 0 aliphatic heterocycles. The number of nitrogens with zero attached hydrogens (tertiary/aromatic N) is 4. The molecule has 6 nitrogen and oxygen atoms in total. The first-order chi connectivity index (χ1) is 13.3. The molecule has 0 atom stereocenters. The molecule has 0 spiro atoms. The van der Waals surface area contributed by atoms with Crippen LogP contribution < -0.4 is 0 Å². The van der Waals surface area contributed by atoms with Gasteiger partial charge in [-0.1, -0.05) is 42.8 Å². The van der Waals surface area contributed by atoms with E-state index in [0.29, 0.717) is 16.4 Å². The number of thioether (sulfide) groups is 1. The van der Waals surface area contributed by atoms with Gasteiger partial charge >= 0.3 is 0 Å². The summed E-state index contributed by atoms with van der Waals surface area (Å²) in [5.74, 6) is 0.711. The van der Waals surface area contributed by atoms with Crippen molar-refractivity contribution in [2.24, 2.45) is 0 Å². The molecule has 3 rings (SSSR count). The Morgan fingerprint density at radius 2 is 2.00 bits per heavy atom. The van der Waals surface area contributed by atoms with Crippen LogP contribution in [0.25, 0.3) is 11.0 Å². The number of aryl methyl sites for hydroxylation is 1. The average Bonchev–Trinajstić information content (AvgIpc) is 3.02. The van der Waals surface area contributed by atoms with Gasteiger partial charge in [-0.15, -0.1) is 0 Å². The SMILES string of the molecule is CCCCn1c(SCc2ccc(Cl)nc2)nc2cc(S(=O)(=O)N(C)C)ccc21. The summed E-state index contributed by atoms with van der Waals surface area (Å²) >= 11 is 7.46. The number of benzene rings is 1. The maximum Gasteiger partial charge on any atom is 0.242 e. The minimum atomic E-state index is -3.49. The highest BCUT2D eigenvalue weighted by molar-refractivity contribution is 7.98. The number of hydrogen-bond donors (Lipinski definition) is 0. The van der Waals surface area contributed by atoms with Crippen LogP contribution in [0.2, 0.25) is 5.15 Å². The third-order valence-corrected chi connectivity index (χ3v) is 7.44. The van der Waals surface area contributed by atoms with Gasteiger partial charge in [-0.2, -0.15) is 0 Å². The second kappa shape index (κ2) is 8.82. The van der Waals surface area contributed by atoms with Crippen LogP contribution in [-0.2, 0) is 22.3 Å². The monoisotopic (exact) mass is 438 g/mol. The van der Waals surface area contributed by atoms with Crippen molar-refractivity contribution in [2.45, 2.75) is 42.1 Å². The number of rotatable bonds is 8. The van der Waals surface area contributed by atoms with Crippen molar-refractivity contribution >= 4 is 44.4 Å². The Labute approximate surface area is 175 Å². The van der Waals surface area contributed by atoms with Crippen LogP contribution in [0.4, 0.5) is 0 Å². The highest BCUT2D eigenvalue weighted by atomic mass is 35.5. The molecule has 28 heavy (non-hydrogen) atoms. The molecule has 2 heterocycles. The lowest BCUT2D eigenvalue weighted by atomic mass is 10.3. The zero-order chi connectivity index (χ0) is 20.3. The normalized spacial score (nSPS) is 12.2. The van der Waals surface area contributed by atoms with Crippen molar-refractivity contribution in [2.75, 3.05) is 14.1 Å². The van der Waals surface area contributed by atoms with Crippen molar-refractivity contribution in [1.82, 2.24) is 18.8 Å². The van der Waals surface area contributed by atoms with E-state index in [-0.39, 0.29) is 4.90 Å². The van der Waals surface area contributed by atoms with Gasteiger partial charge in [0.1, 0.15) is 5.15 Å². The molecule has 3 aromatic rings. The molecule has 0 bridgehead atoms. The van der Waals surface area contributed by atoms with Crippen LogP contribution >= 0.6 is 23.4 Å². The number of halogens is 1. The van der Waals surface area contributed by atoms with Gasteiger partial charge in [0.05, 0.1) is 15.9 Å². The fourth-order valence-electron chi connectivity index (χ4n) is 2.74. The van der Waals surface area contributed by atoms with E-state index in [1.165, 1.54) is 18.4 Å². The first-order valence-corrected chi connectivity index (χ1v) is 11.8. The van der Waals surface area contributed by atoms with Crippen molar-refractivity contribution in [3.8, 4) is 0 Å². The maximum absolute atomic E-state index is 12.4. The molecule has 150 valence electrons. The van der Waals surface area contributed by atoms with Crippen molar-refractivity contribution in [3.05, 3.63) is 47.2 Å². The quantitative estimate of drug-likeness (QED) is 0.384. The minimum Gasteiger partial charge on any atom is -0.319 e. The minimum absolute atomic E-state index is 0.253. The Morgan fingerprint density at radius 3 is 2.64 bits per heavy atom. The topological polar surface area (TPSA) is 68.1 Å². The summed E-state index contributed by atoms with van der Waals surface area (Å²) in [4.78, 5) is 9.10. The number of aromatic nitrogens is 3. The number of imidazole rings is 1.